The Balaban J connectivity index is 2.19. The largest absolute Gasteiger partial charge is 0.397 e. The Labute approximate surface area is 123 Å². The Morgan fingerprint density at radius 3 is 2.72 bits per heavy atom. The maximum absolute atomic E-state index is 5.68. The monoisotopic (exact) mass is 369 g/mol. The fourth-order valence-corrected chi connectivity index (χ4v) is 2.83. The lowest BCUT2D eigenvalue weighted by molar-refractivity contribution is 0.894. The van der Waals surface area contributed by atoms with Crippen molar-refractivity contribution in [3.8, 4) is 0 Å². The quantitative estimate of drug-likeness (QED) is 0.892. The number of aromatic nitrogens is 1. The molecule has 0 aliphatic carbocycles. The van der Waals surface area contributed by atoms with Crippen LogP contribution in [0.25, 0.3) is 0 Å². The highest BCUT2D eigenvalue weighted by atomic mass is 79.9. The molecule has 0 spiro atoms. The second-order valence-electron chi connectivity index (χ2n) is 4.06. The molecular formula is C13H13Br2N3. The number of benzene rings is 1. The number of hydrogen-bond donors (Lipinski definition) is 1. The summed E-state index contributed by atoms with van der Waals surface area (Å²) >= 11 is 6.95. The maximum Gasteiger partial charge on any atom is 0.143 e. The summed E-state index contributed by atoms with van der Waals surface area (Å²) in [5, 5.41) is 0. The molecule has 0 bridgehead atoms. The average Bonchev–Trinajstić information content (AvgIpc) is 2.28. The predicted octanol–water partition coefficient (Wildman–Crippen LogP) is 3.83. The number of nitrogens with zero attached hydrogens (tertiary/aromatic N) is 2. The highest BCUT2D eigenvalue weighted by molar-refractivity contribution is 9.10. The fraction of sp³-hybridized carbons (Fsp3) is 0.154. The maximum atomic E-state index is 5.68. The van der Waals surface area contributed by atoms with Crippen LogP contribution in [0, 0.1) is 0 Å². The molecule has 0 unspecified atom stereocenters. The van der Waals surface area contributed by atoms with Gasteiger partial charge in [-0.1, -0.05) is 28.1 Å². The number of anilines is 2. The van der Waals surface area contributed by atoms with Gasteiger partial charge in [-0.25, -0.2) is 4.98 Å². The molecule has 94 valence electrons. The summed E-state index contributed by atoms with van der Waals surface area (Å²) in [6.45, 7) is 0.787. The molecule has 1 aromatic carbocycles. The van der Waals surface area contributed by atoms with Crippen LogP contribution in [0.5, 0.6) is 0 Å². The first-order valence-corrected chi connectivity index (χ1v) is 7.01. The molecule has 2 N–H and O–H groups in total. The van der Waals surface area contributed by atoms with Crippen molar-refractivity contribution >= 4 is 43.4 Å². The average molecular weight is 371 g/mol. The second kappa shape index (κ2) is 5.71. The van der Waals surface area contributed by atoms with Gasteiger partial charge in [0.25, 0.3) is 0 Å². The molecule has 3 nitrogen and oxygen atoms in total. The number of hydrogen-bond acceptors (Lipinski definition) is 3. The molecule has 2 rings (SSSR count). The summed E-state index contributed by atoms with van der Waals surface area (Å²) in [5.41, 5.74) is 7.56. The number of nitrogen functional groups attached to an aromatic ring is 1. The minimum Gasteiger partial charge on any atom is -0.397 e. The lowest BCUT2D eigenvalue weighted by atomic mass is 10.2. The van der Waals surface area contributed by atoms with Crippen LogP contribution in [0.4, 0.5) is 11.5 Å². The topological polar surface area (TPSA) is 42.2 Å². The van der Waals surface area contributed by atoms with E-state index >= 15 is 0 Å². The molecule has 1 heterocycles. The van der Waals surface area contributed by atoms with Gasteiger partial charge in [-0.05, 0) is 39.7 Å². The van der Waals surface area contributed by atoms with Crippen molar-refractivity contribution in [3.63, 3.8) is 0 Å². The fourth-order valence-electron chi connectivity index (χ4n) is 1.71. The van der Waals surface area contributed by atoms with Gasteiger partial charge in [0.15, 0.2) is 0 Å². The number of rotatable bonds is 3. The van der Waals surface area contributed by atoms with E-state index in [2.05, 4.69) is 53.9 Å². The van der Waals surface area contributed by atoms with Crippen molar-refractivity contribution in [2.75, 3.05) is 17.7 Å². The van der Waals surface area contributed by atoms with Gasteiger partial charge in [-0.15, -0.1) is 0 Å². The molecule has 1 aromatic heterocycles. The zero-order valence-corrected chi connectivity index (χ0v) is 13.1. The summed E-state index contributed by atoms with van der Waals surface area (Å²) in [5.74, 6) is 0.879. The Kier molecular flexibility index (Phi) is 4.24. The Morgan fingerprint density at radius 1 is 1.28 bits per heavy atom. The first-order chi connectivity index (χ1) is 8.56. The molecular weight excluding hydrogens is 358 g/mol. The summed E-state index contributed by atoms with van der Waals surface area (Å²) < 4.78 is 1.98. The Morgan fingerprint density at radius 2 is 2.06 bits per heavy atom. The Hall–Kier alpha value is -1.07. The highest BCUT2D eigenvalue weighted by Crippen LogP contribution is 2.26. The van der Waals surface area contributed by atoms with Crippen molar-refractivity contribution in [3.05, 3.63) is 51.0 Å². The molecule has 0 radical (unpaired) electrons. The third-order valence-corrected chi connectivity index (χ3v) is 3.59. The van der Waals surface area contributed by atoms with Crippen molar-refractivity contribution in [2.24, 2.45) is 0 Å². The predicted molar refractivity (Wildman–Crippen MR) is 82.6 cm³/mol. The smallest absolute Gasteiger partial charge is 0.143 e. The number of pyridine rings is 1. The van der Waals surface area contributed by atoms with E-state index in [4.69, 9.17) is 5.73 Å². The van der Waals surface area contributed by atoms with E-state index in [0.29, 0.717) is 5.69 Å². The van der Waals surface area contributed by atoms with E-state index in [-0.39, 0.29) is 0 Å². The van der Waals surface area contributed by atoms with Gasteiger partial charge in [0.2, 0.25) is 0 Å². The van der Waals surface area contributed by atoms with Crippen molar-refractivity contribution in [1.82, 2.24) is 4.98 Å². The SMILES string of the molecule is CN(Cc1cccc(Br)c1)c1ncc(N)cc1Br. The van der Waals surface area contributed by atoms with Crippen LogP contribution in [-0.4, -0.2) is 12.0 Å². The van der Waals surface area contributed by atoms with Crippen LogP contribution in [-0.2, 0) is 6.54 Å². The molecule has 0 saturated carbocycles. The van der Waals surface area contributed by atoms with E-state index < -0.39 is 0 Å². The van der Waals surface area contributed by atoms with Crippen LogP contribution < -0.4 is 10.6 Å². The van der Waals surface area contributed by atoms with Crippen molar-refractivity contribution in [1.29, 1.82) is 0 Å². The summed E-state index contributed by atoms with van der Waals surface area (Å²) in [6, 6.07) is 10.1. The lowest BCUT2D eigenvalue weighted by Gasteiger charge is -2.19. The van der Waals surface area contributed by atoms with Gasteiger partial charge in [-0.2, -0.15) is 0 Å². The van der Waals surface area contributed by atoms with Crippen LogP contribution in [0.3, 0.4) is 0 Å². The lowest BCUT2D eigenvalue weighted by Crippen LogP contribution is -2.18. The van der Waals surface area contributed by atoms with Crippen molar-refractivity contribution < 1.29 is 0 Å². The third-order valence-electron chi connectivity index (χ3n) is 2.51. The van der Waals surface area contributed by atoms with Gasteiger partial charge >= 0.3 is 0 Å². The molecule has 0 aliphatic heterocycles. The minimum atomic E-state index is 0.654. The summed E-state index contributed by atoms with van der Waals surface area (Å²) in [6.07, 6.45) is 1.66. The van der Waals surface area contributed by atoms with Crippen LogP contribution >= 0.6 is 31.9 Å². The van der Waals surface area contributed by atoms with Gasteiger partial charge in [0.05, 0.1) is 16.4 Å². The van der Waals surface area contributed by atoms with Crippen LogP contribution in [0.2, 0.25) is 0 Å². The molecule has 5 heteroatoms. The third kappa shape index (κ3) is 3.23. The molecule has 0 atom stereocenters. The van der Waals surface area contributed by atoms with E-state index in [1.54, 1.807) is 6.20 Å². The minimum absolute atomic E-state index is 0.654. The standard InChI is InChI=1S/C13H13Br2N3/c1-18(8-9-3-2-4-10(14)5-9)13-12(15)6-11(16)7-17-13/h2-7H,8,16H2,1H3. The van der Waals surface area contributed by atoms with E-state index in [9.17, 15) is 0 Å². The van der Waals surface area contributed by atoms with Crippen molar-refractivity contribution in [2.45, 2.75) is 6.54 Å². The zero-order chi connectivity index (χ0) is 13.1. The molecule has 18 heavy (non-hydrogen) atoms. The summed E-state index contributed by atoms with van der Waals surface area (Å²) in [7, 11) is 2.00. The molecule has 0 aliphatic rings. The van der Waals surface area contributed by atoms with Gasteiger partial charge in [0.1, 0.15) is 5.82 Å². The highest BCUT2D eigenvalue weighted by Gasteiger charge is 2.08. The number of halogens is 2. The Bertz CT molecular complexity index is 558. The molecule has 0 fully saturated rings. The molecule has 0 amide bonds. The molecule has 0 saturated heterocycles. The van der Waals surface area contributed by atoms with Gasteiger partial charge < -0.3 is 10.6 Å². The van der Waals surface area contributed by atoms with Crippen LogP contribution in [0.1, 0.15) is 5.56 Å². The van der Waals surface area contributed by atoms with E-state index in [0.717, 1.165) is 21.3 Å². The number of nitrogens with two attached hydrogens (primary N) is 1. The van der Waals surface area contributed by atoms with E-state index in [1.165, 1.54) is 5.56 Å². The van der Waals surface area contributed by atoms with Gasteiger partial charge in [-0.3, -0.25) is 0 Å². The summed E-state index contributed by atoms with van der Waals surface area (Å²) in [4.78, 5) is 6.41. The first kappa shape index (κ1) is 13.4. The van der Waals surface area contributed by atoms with Crippen LogP contribution in [0.15, 0.2) is 45.5 Å². The second-order valence-corrected chi connectivity index (χ2v) is 5.83. The van der Waals surface area contributed by atoms with E-state index in [1.807, 2.05) is 25.2 Å². The first-order valence-electron chi connectivity index (χ1n) is 5.43. The normalized spacial score (nSPS) is 10.4. The van der Waals surface area contributed by atoms with Gasteiger partial charge in [0, 0.05) is 18.1 Å². The molecule has 2 aromatic rings. The zero-order valence-electron chi connectivity index (χ0n) is 9.90.